The predicted octanol–water partition coefficient (Wildman–Crippen LogP) is 7.10. The van der Waals surface area contributed by atoms with Gasteiger partial charge in [0, 0.05) is 35.7 Å². The van der Waals surface area contributed by atoms with E-state index in [2.05, 4.69) is 27.4 Å². The van der Waals surface area contributed by atoms with Crippen LogP contribution in [0.25, 0.3) is 22.0 Å². The second-order valence-electron chi connectivity index (χ2n) is 13.9. The lowest BCUT2D eigenvalue weighted by Gasteiger charge is -2.34. The number of aromatic nitrogens is 5. The number of pyridine rings is 1. The fourth-order valence-corrected chi connectivity index (χ4v) is 7.63. The number of fused-ring (bicyclic) bond motifs is 4. The van der Waals surface area contributed by atoms with Crippen LogP contribution in [0.15, 0.2) is 42.5 Å². The third-order valence-corrected chi connectivity index (χ3v) is 9.96. The molecule has 3 heterocycles. The number of nitrogen functional groups attached to an aromatic ring is 1. The number of aliphatic hydroxyl groups is 1. The summed E-state index contributed by atoms with van der Waals surface area (Å²) < 4.78 is 90.4. The highest BCUT2D eigenvalue weighted by Gasteiger charge is 2.62. The van der Waals surface area contributed by atoms with Gasteiger partial charge in [-0.25, -0.2) is 22.5 Å². The molecule has 1 amide bonds. The van der Waals surface area contributed by atoms with Crippen LogP contribution in [0.1, 0.15) is 79.0 Å². The standard InChI is InChI=1S/C37H32ClF6N7O2/c1-36(2,53)11-10-20-4-5-21(22-7-9-25(38)29-32(22)50(3)49-35(29)45)30(46-20)26(14-17-12-18(39)15-19(40)13-17)47-27(52)16-51-33-28(31(48-51)34(41)42)23-6-8-24(23)37(33,43)44/h4-5,7,9,12-13,15,23-24,26,34,53H,6,8,14,16H2,1-3H3,(H2,45,49)(H,47,52). The maximum atomic E-state index is 15.6. The Morgan fingerprint density at radius 3 is 2.43 bits per heavy atom. The second kappa shape index (κ2) is 13.1. The molecule has 0 aliphatic heterocycles. The summed E-state index contributed by atoms with van der Waals surface area (Å²) in [6, 6.07) is 8.04. The first-order chi connectivity index (χ1) is 24.9. The van der Waals surface area contributed by atoms with Crippen molar-refractivity contribution in [3.05, 3.63) is 93.0 Å². The van der Waals surface area contributed by atoms with Crippen molar-refractivity contribution in [2.45, 2.75) is 69.6 Å². The fourth-order valence-electron chi connectivity index (χ4n) is 7.38. The van der Waals surface area contributed by atoms with Crippen molar-refractivity contribution in [2.24, 2.45) is 13.0 Å². The van der Waals surface area contributed by atoms with Gasteiger partial charge in [-0.15, -0.1) is 0 Å². The quantitative estimate of drug-likeness (QED) is 0.115. The van der Waals surface area contributed by atoms with Gasteiger partial charge in [-0.2, -0.15) is 19.0 Å². The van der Waals surface area contributed by atoms with Crippen molar-refractivity contribution in [3.8, 4) is 23.0 Å². The van der Waals surface area contributed by atoms with Gasteiger partial charge in [0.15, 0.2) is 5.82 Å². The molecule has 0 saturated heterocycles. The number of rotatable bonds is 8. The van der Waals surface area contributed by atoms with Crippen molar-refractivity contribution in [1.82, 2.24) is 29.9 Å². The lowest BCUT2D eigenvalue weighted by Crippen LogP contribution is -2.36. The highest BCUT2D eigenvalue weighted by atomic mass is 35.5. The van der Waals surface area contributed by atoms with Gasteiger partial charge in [0.1, 0.15) is 40.9 Å². The number of halogens is 7. The van der Waals surface area contributed by atoms with Crippen molar-refractivity contribution in [2.75, 3.05) is 5.73 Å². The highest BCUT2D eigenvalue weighted by Crippen LogP contribution is 2.63. The number of hydrogen-bond donors (Lipinski definition) is 3. The minimum Gasteiger partial charge on any atom is -0.382 e. The van der Waals surface area contributed by atoms with E-state index in [-0.39, 0.29) is 41.2 Å². The zero-order valence-electron chi connectivity index (χ0n) is 28.5. The van der Waals surface area contributed by atoms with Crippen LogP contribution in [0.3, 0.4) is 0 Å². The smallest absolute Gasteiger partial charge is 0.293 e. The molecular weight excluding hydrogens is 724 g/mol. The van der Waals surface area contributed by atoms with E-state index in [9.17, 15) is 27.5 Å². The summed E-state index contributed by atoms with van der Waals surface area (Å²) in [5, 5.41) is 21.8. The summed E-state index contributed by atoms with van der Waals surface area (Å²) in [4.78, 5) is 18.6. The summed E-state index contributed by atoms with van der Waals surface area (Å²) in [6.07, 6.45) is -2.96. The van der Waals surface area contributed by atoms with Gasteiger partial charge in [0.25, 0.3) is 12.3 Å². The summed E-state index contributed by atoms with van der Waals surface area (Å²) in [6.45, 7) is 2.07. The molecule has 4 N–H and O–H groups in total. The van der Waals surface area contributed by atoms with E-state index < -0.39 is 71.3 Å². The monoisotopic (exact) mass is 755 g/mol. The van der Waals surface area contributed by atoms with Gasteiger partial charge in [-0.05, 0) is 80.8 Å². The van der Waals surface area contributed by atoms with E-state index in [1.165, 1.54) is 18.5 Å². The Labute approximate surface area is 304 Å². The summed E-state index contributed by atoms with van der Waals surface area (Å²) >= 11 is 6.51. The van der Waals surface area contributed by atoms with E-state index in [0.717, 1.165) is 12.1 Å². The Bertz CT molecular complexity index is 2340. The molecule has 0 spiro atoms. The number of amides is 1. The molecule has 16 heteroatoms. The average Bonchev–Trinajstić information content (AvgIpc) is 3.60. The Balaban J connectivity index is 1.37. The Kier molecular flexibility index (Phi) is 8.97. The minimum absolute atomic E-state index is 0.0997. The number of alkyl halides is 4. The Morgan fingerprint density at radius 2 is 1.79 bits per heavy atom. The molecule has 53 heavy (non-hydrogen) atoms. The van der Waals surface area contributed by atoms with E-state index in [1.54, 1.807) is 31.3 Å². The van der Waals surface area contributed by atoms with E-state index in [4.69, 9.17) is 22.3 Å². The molecule has 7 rings (SSSR count). The van der Waals surface area contributed by atoms with Crippen LogP contribution in [-0.2, 0) is 30.7 Å². The number of anilines is 1. The van der Waals surface area contributed by atoms with Gasteiger partial charge in [0.05, 0.1) is 27.7 Å². The molecule has 276 valence electrons. The lowest BCUT2D eigenvalue weighted by atomic mass is 9.73. The second-order valence-corrected chi connectivity index (χ2v) is 14.3. The maximum Gasteiger partial charge on any atom is 0.293 e. The molecule has 1 fully saturated rings. The third-order valence-electron chi connectivity index (χ3n) is 9.65. The van der Waals surface area contributed by atoms with Crippen molar-refractivity contribution < 1.29 is 36.2 Å². The number of carbonyl (C=O) groups is 1. The van der Waals surface area contributed by atoms with Crippen LogP contribution in [0.5, 0.6) is 0 Å². The van der Waals surface area contributed by atoms with Gasteiger partial charge >= 0.3 is 0 Å². The van der Waals surface area contributed by atoms with Gasteiger partial charge in [0.2, 0.25) is 5.91 Å². The average molecular weight is 756 g/mol. The van der Waals surface area contributed by atoms with Crippen molar-refractivity contribution >= 4 is 34.2 Å². The van der Waals surface area contributed by atoms with Crippen LogP contribution >= 0.6 is 11.6 Å². The molecule has 2 aliphatic carbocycles. The van der Waals surface area contributed by atoms with Crippen LogP contribution < -0.4 is 11.1 Å². The van der Waals surface area contributed by atoms with E-state index in [1.807, 2.05) is 0 Å². The van der Waals surface area contributed by atoms with E-state index in [0.29, 0.717) is 44.2 Å². The summed E-state index contributed by atoms with van der Waals surface area (Å²) in [5.74, 6) is -2.53. The number of benzene rings is 2. The van der Waals surface area contributed by atoms with Gasteiger partial charge in [-0.1, -0.05) is 23.6 Å². The van der Waals surface area contributed by atoms with Crippen LogP contribution in [0.4, 0.5) is 32.2 Å². The largest absolute Gasteiger partial charge is 0.382 e. The maximum absolute atomic E-state index is 15.6. The van der Waals surface area contributed by atoms with E-state index >= 15 is 8.78 Å². The van der Waals surface area contributed by atoms with Gasteiger partial charge < -0.3 is 16.2 Å². The number of hydrogen-bond acceptors (Lipinski definition) is 6. The molecule has 9 nitrogen and oxygen atoms in total. The highest BCUT2D eigenvalue weighted by molar-refractivity contribution is 6.37. The summed E-state index contributed by atoms with van der Waals surface area (Å²) in [5.41, 5.74) is 4.79. The fraction of sp³-hybridized carbons (Fsp3) is 0.351. The molecule has 3 aromatic heterocycles. The normalized spacial score (nSPS) is 18.0. The lowest BCUT2D eigenvalue weighted by molar-refractivity contribution is -0.123. The predicted molar refractivity (Wildman–Crippen MR) is 184 cm³/mol. The topological polar surface area (TPSA) is 124 Å². The summed E-state index contributed by atoms with van der Waals surface area (Å²) in [7, 11) is 1.64. The van der Waals surface area contributed by atoms with Crippen LogP contribution in [0, 0.1) is 29.4 Å². The first-order valence-electron chi connectivity index (χ1n) is 16.6. The number of nitrogens with one attached hydrogen (secondary N) is 1. The molecule has 3 unspecified atom stereocenters. The molecule has 2 aromatic carbocycles. The Morgan fingerprint density at radius 1 is 1.09 bits per heavy atom. The first-order valence-corrected chi connectivity index (χ1v) is 17.0. The molecule has 2 aliphatic rings. The minimum atomic E-state index is -3.48. The Hall–Kier alpha value is -5.07. The SMILES string of the molecule is Cn1nc(N)c2c(Cl)ccc(-c3ccc(C#CC(C)(C)O)nc3C(Cc3cc(F)cc(F)c3)NC(=O)Cn3nc(C(F)F)c4c3C(F)(F)C3CCC43)c21. The number of nitrogens with zero attached hydrogens (tertiary/aromatic N) is 5. The van der Waals surface area contributed by atoms with Crippen LogP contribution in [0.2, 0.25) is 5.02 Å². The van der Waals surface area contributed by atoms with Crippen molar-refractivity contribution in [1.29, 1.82) is 0 Å². The number of nitrogens with two attached hydrogens (primary N) is 1. The van der Waals surface area contributed by atoms with Crippen LogP contribution in [-0.4, -0.2) is 41.2 Å². The van der Waals surface area contributed by atoms with Crippen molar-refractivity contribution in [3.63, 3.8) is 0 Å². The molecule has 5 aromatic rings. The third kappa shape index (κ3) is 6.59. The molecular formula is C37H32ClF6N7O2. The molecule has 3 atom stereocenters. The number of aryl methyl sites for hydroxylation is 1. The van der Waals surface area contributed by atoms with Gasteiger partial charge in [-0.3, -0.25) is 14.2 Å². The molecule has 0 radical (unpaired) electrons. The zero-order valence-corrected chi connectivity index (χ0v) is 29.2. The first kappa shape index (κ1) is 36.3. The number of carbonyl (C=O) groups excluding carboxylic acids is 1. The zero-order chi connectivity index (χ0) is 38.1. The molecule has 0 bridgehead atoms. The molecule has 1 saturated carbocycles.